The summed E-state index contributed by atoms with van der Waals surface area (Å²) in [6.45, 7) is 3.07. The van der Waals surface area contributed by atoms with Gasteiger partial charge in [0.2, 0.25) is 5.91 Å². The number of rotatable bonds is 5. The summed E-state index contributed by atoms with van der Waals surface area (Å²) in [5.74, 6) is 1.46. The van der Waals surface area contributed by atoms with Crippen molar-refractivity contribution in [1.29, 1.82) is 0 Å². The molecular weight excluding hydrogens is 276 g/mol. The van der Waals surface area contributed by atoms with Crippen molar-refractivity contribution in [2.75, 3.05) is 18.4 Å². The van der Waals surface area contributed by atoms with E-state index < -0.39 is 0 Å². The highest BCUT2D eigenvalue weighted by atomic mass is 35.5. The van der Waals surface area contributed by atoms with Gasteiger partial charge < -0.3 is 10.6 Å². The molecule has 1 saturated heterocycles. The van der Waals surface area contributed by atoms with Crippen molar-refractivity contribution in [3.8, 4) is 0 Å². The molecule has 0 aromatic carbocycles. The lowest BCUT2D eigenvalue weighted by Crippen LogP contribution is -2.30. The van der Waals surface area contributed by atoms with Crippen LogP contribution in [0.25, 0.3) is 0 Å². The van der Waals surface area contributed by atoms with Crippen LogP contribution in [0.15, 0.2) is 12.4 Å². The van der Waals surface area contributed by atoms with E-state index in [4.69, 9.17) is 0 Å². The summed E-state index contributed by atoms with van der Waals surface area (Å²) in [6.07, 6.45) is 9.17. The maximum Gasteiger partial charge on any atom is 0.224 e. The highest BCUT2D eigenvalue weighted by Gasteiger charge is 2.22. The van der Waals surface area contributed by atoms with Gasteiger partial charge >= 0.3 is 0 Å². The van der Waals surface area contributed by atoms with Crippen LogP contribution in [0, 0.1) is 11.8 Å². The number of nitrogens with zero attached hydrogens (tertiary/aromatic N) is 2. The summed E-state index contributed by atoms with van der Waals surface area (Å²) >= 11 is 0. The Morgan fingerprint density at radius 1 is 1.30 bits per heavy atom. The molecule has 0 atom stereocenters. The first-order valence-corrected chi connectivity index (χ1v) is 7.32. The van der Waals surface area contributed by atoms with Crippen LogP contribution in [-0.2, 0) is 11.3 Å². The highest BCUT2D eigenvalue weighted by molar-refractivity contribution is 5.90. The molecule has 112 valence electrons. The number of anilines is 1. The van der Waals surface area contributed by atoms with E-state index in [9.17, 15) is 4.79 Å². The number of piperidine rings is 1. The zero-order chi connectivity index (χ0) is 13.1. The number of carbonyl (C=O) groups excluding carboxylic acids is 1. The summed E-state index contributed by atoms with van der Waals surface area (Å²) in [5, 5.41) is 10.6. The Morgan fingerprint density at radius 3 is 2.75 bits per heavy atom. The Labute approximate surface area is 125 Å². The van der Waals surface area contributed by atoms with Gasteiger partial charge in [-0.25, -0.2) is 0 Å². The van der Waals surface area contributed by atoms with Gasteiger partial charge in [-0.3, -0.25) is 9.48 Å². The fourth-order valence-corrected chi connectivity index (χ4v) is 2.65. The third-order valence-electron chi connectivity index (χ3n) is 3.99. The molecule has 6 heteroatoms. The molecule has 1 amide bonds. The quantitative estimate of drug-likeness (QED) is 0.874. The summed E-state index contributed by atoms with van der Waals surface area (Å²) in [7, 11) is 0. The van der Waals surface area contributed by atoms with Crippen LogP contribution in [0.2, 0.25) is 0 Å². The van der Waals surface area contributed by atoms with E-state index in [1.807, 2.05) is 10.9 Å². The number of amides is 1. The predicted molar refractivity (Wildman–Crippen MR) is 81.0 cm³/mol. The first-order valence-electron chi connectivity index (χ1n) is 7.32. The number of hydrogen-bond acceptors (Lipinski definition) is 3. The number of carbonyl (C=O) groups is 1. The van der Waals surface area contributed by atoms with Crippen molar-refractivity contribution in [3.05, 3.63) is 12.4 Å². The molecule has 20 heavy (non-hydrogen) atoms. The number of nitrogens with one attached hydrogen (secondary N) is 2. The summed E-state index contributed by atoms with van der Waals surface area (Å²) in [4.78, 5) is 12.0. The van der Waals surface area contributed by atoms with Crippen LogP contribution >= 0.6 is 12.4 Å². The van der Waals surface area contributed by atoms with E-state index in [0.29, 0.717) is 12.3 Å². The van der Waals surface area contributed by atoms with Crippen molar-refractivity contribution >= 4 is 24.0 Å². The first kappa shape index (κ1) is 15.3. The molecule has 0 unspecified atom stereocenters. The molecule has 1 saturated carbocycles. The maximum atomic E-state index is 12.0. The van der Waals surface area contributed by atoms with E-state index in [-0.39, 0.29) is 18.3 Å². The van der Waals surface area contributed by atoms with Crippen LogP contribution in [-0.4, -0.2) is 28.8 Å². The molecule has 0 spiro atoms. The summed E-state index contributed by atoms with van der Waals surface area (Å²) < 4.78 is 1.94. The van der Waals surface area contributed by atoms with Crippen LogP contribution in [0.4, 0.5) is 5.69 Å². The van der Waals surface area contributed by atoms with Crippen molar-refractivity contribution in [2.24, 2.45) is 11.8 Å². The smallest absolute Gasteiger partial charge is 0.224 e. The van der Waals surface area contributed by atoms with E-state index in [2.05, 4.69) is 15.7 Å². The van der Waals surface area contributed by atoms with E-state index in [1.54, 1.807) is 6.20 Å². The zero-order valence-electron chi connectivity index (χ0n) is 11.7. The molecule has 1 aliphatic carbocycles. The van der Waals surface area contributed by atoms with Crippen molar-refractivity contribution in [1.82, 2.24) is 15.1 Å². The standard InChI is InChI=1S/C14H22N4O.ClH/c19-14(7-11-3-5-15-6-4-11)17-13-8-16-18(10-13)9-12-1-2-12;/h8,10-12,15H,1-7,9H2,(H,17,19);1H. The van der Waals surface area contributed by atoms with Crippen molar-refractivity contribution in [3.63, 3.8) is 0 Å². The Hall–Kier alpha value is -1.07. The lowest BCUT2D eigenvalue weighted by molar-refractivity contribution is -0.117. The zero-order valence-corrected chi connectivity index (χ0v) is 12.5. The van der Waals surface area contributed by atoms with Gasteiger partial charge in [-0.05, 0) is 50.6 Å². The highest BCUT2D eigenvalue weighted by Crippen LogP contribution is 2.30. The minimum Gasteiger partial charge on any atom is -0.323 e. The predicted octanol–water partition coefficient (Wildman–Crippen LogP) is 2.04. The van der Waals surface area contributed by atoms with Gasteiger partial charge in [0, 0.05) is 19.2 Å². The third kappa shape index (κ3) is 4.49. The molecule has 3 rings (SSSR count). The van der Waals surface area contributed by atoms with Gasteiger partial charge in [0.25, 0.3) is 0 Å². The van der Waals surface area contributed by atoms with E-state index >= 15 is 0 Å². The van der Waals surface area contributed by atoms with Crippen LogP contribution in [0.5, 0.6) is 0 Å². The minimum absolute atomic E-state index is 0. The van der Waals surface area contributed by atoms with Gasteiger partial charge in [-0.2, -0.15) is 5.10 Å². The van der Waals surface area contributed by atoms with Gasteiger partial charge in [0.1, 0.15) is 0 Å². The number of aromatic nitrogens is 2. The van der Waals surface area contributed by atoms with Gasteiger partial charge in [-0.15, -0.1) is 12.4 Å². The topological polar surface area (TPSA) is 59.0 Å². The Morgan fingerprint density at radius 2 is 2.05 bits per heavy atom. The van der Waals surface area contributed by atoms with E-state index in [0.717, 1.165) is 44.1 Å². The summed E-state index contributed by atoms with van der Waals surface area (Å²) in [6, 6.07) is 0. The largest absolute Gasteiger partial charge is 0.323 e. The fraction of sp³-hybridized carbons (Fsp3) is 0.714. The SMILES string of the molecule is Cl.O=C(CC1CCNCC1)Nc1cnn(CC2CC2)c1. The monoisotopic (exact) mass is 298 g/mol. The molecule has 5 nitrogen and oxygen atoms in total. The van der Waals surface area contributed by atoms with Crippen molar-refractivity contribution in [2.45, 2.75) is 38.6 Å². The molecule has 1 aliphatic heterocycles. The Kier molecular flexibility index (Phi) is 5.43. The van der Waals surface area contributed by atoms with Gasteiger partial charge in [0.15, 0.2) is 0 Å². The Bertz CT molecular complexity index is 438. The average Bonchev–Trinajstić information content (AvgIpc) is 3.10. The number of halogens is 1. The molecule has 2 fully saturated rings. The van der Waals surface area contributed by atoms with Crippen LogP contribution in [0.1, 0.15) is 32.1 Å². The fourth-order valence-electron chi connectivity index (χ4n) is 2.65. The molecule has 2 N–H and O–H groups in total. The second-order valence-corrected chi connectivity index (χ2v) is 5.84. The van der Waals surface area contributed by atoms with Crippen LogP contribution < -0.4 is 10.6 Å². The average molecular weight is 299 g/mol. The lowest BCUT2D eigenvalue weighted by Gasteiger charge is -2.21. The normalized spacial score (nSPS) is 19.4. The van der Waals surface area contributed by atoms with Crippen LogP contribution in [0.3, 0.4) is 0 Å². The Balaban J connectivity index is 0.00000147. The second kappa shape index (κ2) is 7.09. The molecule has 1 aromatic rings. The minimum atomic E-state index is 0. The van der Waals surface area contributed by atoms with E-state index in [1.165, 1.54) is 12.8 Å². The maximum absolute atomic E-state index is 12.0. The molecular formula is C14H23ClN4O. The molecule has 2 aliphatic rings. The summed E-state index contributed by atoms with van der Waals surface area (Å²) in [5.41, 5.74) is 0.833. The second-order valence-electron chi connectivity index (χ2n) is 5.84. The van der Waals surface area contributed by atoms with Crippen molar-refractivity contribution < 1.29 is 4.79 Å². The molecule has 2 heterocycles. The molecule has 0 radical (unpaired) electrons. The molecule has 1 aromatic heterocycles. The van der Waals surface area contributed by atoms with Gasteiger partial charge in [0.05, 0.1) is 11.9 Å². The third-order valence-corrected chi connectivity index (χ3v) is 3.99. The lowest BCUT2D eigenvalue weighted by atomic mass is 9.94. The van der Waals surface area contributed by atoms with Gasteiger partial charge in [-0.1, -0.05) is 0 Å². The number of hydrogen-bond donors (Lipinski definition) is 2. The first-order chi connectivity index (χ1) is 9.29. The molecule has 0 bridgehead atoms.